The van der Waals surface area contributed by atoms with Crippen LogP contribution in [-0.4, -0.2) is 55.5 Å². The minimum absolute atomic E-state index is 0. The summed E-state index contributed by atoms with van der Waals surface area (Å²) in [7, 11) is 0. The molecule has 6 N–H and O–H groups in total. The Morgan fingerprint density at radius 3 is 2.48 bits per heavy atom. The second-order valence-electron chi connectivity index (χ2n) is 6.47. The number of benzene rings is 1. The number of rotatable bonds is 4. The monoisotopic (exact) mass is 367 g/mol. The van der Waals surface area contributed by atoms with Crippen molar-refractivity contribution in [2.24, 2.45) is 5.73 Å². The predicted molar refractivity (Wildman–Crippen MR) is 92.6 cm³/mol. The van der Waals surface area contributed by atoms with Gasteiger partial charge in [0.25, 0.3) is 0 Å². The number of aliphatic carboxylic acids is 1. The first-order valence-corrected chi connectivity index (χ1v) is 8.45. The zero-order valence-corrected chi connectivity index (χ0v) is 14.6. The van der Waals surface area contributed by atoms with Crippen LogP contribution in [0.25, 0.3) is 0 Å². The van der Waals surface area contributed by atoms with Crippen molar-refractivity contribution < 1.29 is 25.0 Å². The molecule has 9 heteroatoms. The number of hydrogen-bond donors (Lipinski definition) is 3. The van der Waals surface area contributed by atoms with E-state index in [0.29, 0.717) is 5.56 Å². The zero-order chi connectivity index (χ0) is 17.6. The summed E-state index contributed by atoms with van der Waals surface area (Å²) < 4.78 is -0.618. The van der Waals surface area contributed by atoms with Crippen molar-refractivity contribution in [3.63, 3.8) is 0 Å². The van der Waals surface area contributed by atoms with Gasteiger partial charge in [0.1, 0.15) is 23.5 Å². The maximum Gasteiger partial charge on any atom is 0.327 e. The standard InChI is InChI=1S/C16H19N3O4S.H2O/c1-16(2)11(15(22)23)19-13(21)10(14(19)24-16)18-12(20)9(17)8-6-4-3-5-7-8;/h3-7,9-11,14H,17H2,1-2H3,(H,18,20)(H,22,23);1H2/t9?,10?,11-,14?;/m0./s1. The van der Waals surface area contributed by atoms with Crippen LogP contribution in [0.15, 0.2) is 30.3 Å². The normalized spacial score (nSPS) is 27.6. The minimum Gasteiger partial charge on any atom is -0.480 e. The number of thioether (sulfide) groups is 1. The fraction of sp³-hybridized carbons (Fsp3) is 0.438. The summed E-state index contributed by atoms with van der Waals surface area (Å²) in [6, 6.07) is 6.38. The lowest BCUT2D eigenvalue weighted by atomic mass is 9.95. The first kappa shape index (κ1) is 19.2. The van der Waals surface area contributed by atoms with Crippen molar-refractivity contribution in [1.82, 2.24) is 10.2 Å². The molecular weight excluding hydrogens is 346 g/mol. The molecule has 2 saturated heterocycles. The number of carboxylic acid groups (broad SMARTS) is 1. The highest BCUT2D eigenvalue weighted by Gasteiger charge is 2.64. The Morgan fingerprint density at radius 1 is 1.32 bits per heavy atom. The highest BCUT2D eigenvalue weighted by Crippen LogP contribution is 2.50. The van der Waals surface area contributed by atoms with Gasteiger partial charge in [-0.15, -0.1) is 11.8 Å². The summed E-state index contributed by atoms with van der Waals surface area (Å²) in [5.41, 5.74) is 6.59. The van der Waals surface area contributed by atoms with Crippen LogP contribution in [0.2, 0.25) is 0 Å². The summed E-state index contributed by atoms with van der Waals surface area (Å²) in [5.74, 6) is -1.86. The largest absolute Gasteiger partial charge is 0.480 e. The number of carboxylic acids is 1. The van der Waals surface area contributed by atoms with Gasteiger partial charge < -0.3 is 26.5 Å². The van der Waals surface area contributed by atoms with Crippen molar-refractivity contribution in [2.45, 2.75) is 42.1 Å². The van der Waals surface area contributed by atoms with Crippen LogP contribution in [-0.2, 0) is 14.4 Å². The molecule has 3 rings (SSSR count). The predicted octanol–water partition coefficient (Wildman–Crippen LogP) is -0.507. The van der Waals surface area contributed by atoms with Gasteiger partial charge in [0, 0.05) is 4.75 Å². The van der Waals surface area contributed by atoms with E-state index in [0.717, 1.165) is 0 Å². The lowest BCUT2D eigenvalue weighted by molar-refractivity contribution is -0.161. The van der Waals surface area contributed by atoms with E-state index >= 15 is 0 Å². The van der Waals surface area contributed by atoms with Crippen molar-refractivity contribution in [2.75, 3.05) is 0 Å². The maximum absolute atomic E-state index is 12.3. The van der Waals surface area contributed by atoms with Crippen molar-refractivity contribution in [3.8, 4) is 0 Å². The molecule has 136 valence electrons. The van der Waals surface area contributed by atoms with Gasteiger partial charge >= 0.3 is 5.97 Å². The van der Waals surface area contributed by atoms with Crippen molar-refractivity contribution in [1.29, 1.82) is 0 Å². The highest BCUT2D eigenvalue weighted by atomic mass is 32.2. The van der Waals surface area contributed by atoms with Gasteiger partial charge in [-0.3, -0.25) is 9.59 Å². The molecule has 0 radical (unpaired) electrons. The Labute approximate surface area is 149 Å². The molecule has 8 nitrogen and oxygen atoms in total. The molecule has 2 aliphatic heterocycles. The molecule has 1 aromatic rings. The Bertz CT molecular complexity index is 696. The van der Waals surface area contributed by atoms with Gasteiger partial charge in [0.05, 0.1) is 0 Å². The zero-order valence-electron chi connectivity index (χ0n) is 13.8. The summed E-state index contributed by atoms with van der Waals surface area (Å²) >= 11 is 1.38. The quantitative estimate of drug-likeness (QED) is 0.612. The average molecular weight is 367 g/mol. The summed E-state index contributed by atoms with van der Waals surface area (Å²) in [6.45, 7) is 3.58. The fourth-order valence-corrected chi connectivity index (χ4v) is 4.83. The molecule has 0 aromatic heterocycles. The number of amides is 2. The molecule has 0 bridgehead atoms. The van der Waals surface area contributed by atoms with Gasteiger partial charge in [0.2, 0.25) is 11.8 Å². The average Bonchev–Trinajstić information content (AvgIpc) is 2.80. The van der Waals surface area contributed by atoms with Crippen LogP contribution >= 0.6 is 11.8 Å². The minimum atomic E-state index is -1.03. The van der Waals surface area contributed by atoms with Gasteiger partial charge in [-0.25, -0.2) is 4.79 Å². The third-order valence-corrected chi connectivity index (χ3v) is 5.99. The van der Waals surface area contributed by atoms with E-state index < -0.39 is 34.7 Å². The SMILES string of the molecule is CC1(C)SC2C(NC(=O)C(N)c3ccccc3)C(=O)N2[C@H]1C(=O)O.O. The molecule has 2 fully saturated rings. The summed E-state index contributed by atoms with van der Waals surface area (Å²) in [6.07, 6.45) is 0. The van der Waals surface area contributed by atoms with Gasteiger partial charge in [-0.1, -0.05) is 30.3 Å². The number of carbonyl (C=O) groups excluding carboxylic acids is 2. The second kappa shape index (κ2) is 6.66. The van der Waals surface area contributed by atoms with Gasteiger partial charge in [-0.2, -0.15) is 0 Å². The number of fused-ring (bicyclic) bond motifs is 1. The van der Waals surface area contributed by atoms with E-state index in [1.165, 1.54) is 16.7 Å². The third-order valence-electron chi connectivity index (χ3n) is 4.41. The number of nitrogens with two attached hydrogens (primary N) is 1. The maximum atomic E-state index is 12.3. The molecule has 25 heavy (non-hydrogen) atoms. The molecule has 0 saturated carbocycles. The Hall–Kier alpha value is -2.10. The van der Waals surface area contributed by atoms with E-state index in [4.69, 9.17) is 5.73 Å². The Kier molecular flexibility index (Phi) is 5.12. The number of β-lactam (4-membered cyclic amide) rings is 1. The van der Waals surface area contributed by atoms with E-state index in [1.807, 2.05) is 6.07 Å². The molecule has 2 aliphatic rings. The molecule has 0 spiro atoms. The second-order valence-corrected chi connectivity index (χ2v) is 8.24. The van der Waals surface area contributed by atoms with E-state index in [1.54, 1.807) is 38.1 Å². The molecular formula is C16H21N3O5S. The Balaban J connectivity index is 0.00000225. The molecule has 2 amide bonds. The van der Waals surface area contributed by atoms with Crippen LogP contribution in [0, 0.1) is 0 Å². The summed E-state index contributed by atoms with van der Waals surface area (Å²) in [4.78, 5) is 37.5. The van der Waals surface area contributed by atoms with Crippen molar-refractivity contribution >= 4 is 29.5 Å². The first-order chi connectivity index (χ1) is 11.2. The molecule has 2 heterocycles. The summed E-state index contributed by atoms with van der Waals surface area (Å²) in [5, 5.41) is 11.7. The molecule has 4 atom stereocenters. The van der Waals surface area contributed by atoms with Crippen LogP contribution < -0.4 is 11.1 Å². The number of hydrogen-bond acceptors (Lipinski definition) is 5. The van der Waals surface area contributed by atoms with E-state index in [-0.39, 0.29) is 16.8 Å². The topological polar surface area (TPSA) is 144 Å². The molecule has 0 aliphatic carbocycles. The fourth-order valence-electron chi connectivity index (χ4n) is 3.20. The van der Waals surface area contributed by atoms with Crippen LogP contribution in [0.1, 0.15) is 25.5 Å². The molecule has 1 aromatic carbocycles. The third kappa shape index (κ3) is 3.10. The lowest BCUT2D eigenvalue weighted by Gasteiger charge is -2.43. The van der Waals surface area contributed by atoms with Crippen LogP contribution in [0.3, 0.4) is 0 Å². The van der Waals surface area contributed by atoms with E-state index in [9.17, 15) is 19.5 Å². The van der Waals surface area contributed by atoms with Gasteiger partial charge in [0.15, 0.2) is 0 Å². The number of nitrogens with one attached hydrogen (secondary N) is 1. The van der Waals surface area contributed by atoms with Crippen LogP contribution in [0.5, 0.6) is 0 Å². The van der Waals surface area contributed by atoms with Crippen LogP contribution in [0.4, 0.5) is 0 Å². The van der Waals surface area contributed by atoms with Gasteiger partial charge in [-0.05, 0) is 19.4 Å². The smallest absolute Gasteiger partial charge is 0.327 e. The lowest BCUT2D eigenvalue weighted by Crippen LogP contribution is -2.71. The van der Waals surface area contributed by atoms with E-state index in [2.05, 4.69) is 5.32 Å². The molecule has 3 unspecified atom stereocenters. The highest BCUT2D eigenvalue weighted by molar-refractivity contribution is 8.01. The first-order valence-electron chi connectivity index (χ1n) is 7.58. The van der Waals surface area contributed by atoms with Crippen molar-refractivity contribution in [3.05, 3.63) is 35.9 Å². The number of nitrogens with zero attached hydrogens (tertiary/aromatic N) is 1. The Morgan fingerprint density at radius 2 is 1.92 bits per heavy atom. The number of carbonyl (C=O) groups is 3.